The molecule has 0 aliphatic heterocycles. The van der Waals surface area contributed by atoms with Crippen LogP contribution in [0, 0.1) is 0 Å². The molecule has 0 amide bonds. The Kier molecular flexibility index (Phi) is 6.10. The monoisotopic (exact) mass is 494 g/mol. The molecule has 4 aromatic heterocycles. The van der Waals surface area contributed by atoms with E-state index in [4.69, 9.17) is 9.97 Å². The van der Waals surface area contributed by atoms with E-state index < -0.39 is 8.07 Å². The van der Waals surface area contributed by atoms with Crippen molar-refractivity contribution in [1.82, 2.24) is 29.9 Å². The van der Waals surface area contributed by atoms with Crippen molar-refractivity contribution < 1.29 is 0 Å². The fourth-order valence-corrected chi connectivity index (χ4v) is 8.91. The largest absolute Gasteiger partial charge is 0.261 e. The van der Waals surface area contributed by atoms with Gasteiger partial charge in [0.1, 0.15) is 11.4 Å². The molecule has 6 nitrogen and oxygen atoms in total. The second-order valence-electron chi connectivity index (χ2n) is 8.49. The standard InChI is InChI=1S/C30H22N6Si/c1-3-11-23(12-4-1)37(24-13-5-2-6-14-24,29-21-31-19-27(35-29)25-15-7-9-17-33-25)30-22-32-20-28(36-30)26-16-8-10-18-34-26/h1-22H. The predicted molar refractivity (Wildman–Crippen MR) is 148 cm³/mol. The van der Waals surface area contributed by atoms with Gasteiger partial charge >= 0.3 is 0 Å². The maximum Gasteiger partial charge on any atom is 0.227 e. The fourth-order valence-electron chi connectivity index (χ4n) is 4.63. The molecular weight excluding hydrogens is 472 g/mol. The molecule has 0 saturated carbocycles. The van der Waals surface area contributed by atoms with Crippen LogP contribution in [0.1, 0.15) is 0 Å². The lowest BCUT2D eigenvalue weighted by Crippen LogP contribution is -2.76. The highest BCUT2D eigenvalue weighted by Gasteiger charge is 2.45. The van der Waals surface area contributed by atoms with Crippen LogP contribution in [0.15, 0.2) is 134 Å². The Hall–Kier alpha value is -4.88. The second kappa shape index (κ2) is 10.0. The van der Waals surface area contributed by atoms with E-state index in [2.05, 4.69) is 68.5 Å². The highest BCUT2D eigenvalue weighted by atomic mass is 28.3. The zero-order valence-corrected chi connectivity index (χ0v) is 20.9. The van der Waals surface area contributed by atoms with Crippen molar-refractivity contribution in [3.63, 3.8) is 0 Å². The molecule has 0 saturated heterocycles. The first-order valence-electron chi connectivity index (χ1n) is 11.9. The molecule has 176 valence electrons. The SMILES string of the molecule is c1ccc([Si](c2ccccc2)(c2cncc(-c3ccccn3)n2)c2cncc(-c3ccccn3)n2)cc1. The summed E-state index contributed by atoms with van der Waals surface area (Å²) in [6.45, 7) is 0. The van der Waals surface area contributed by atoms with E-state index in [9.17, 15) is 0 Å². The molecule has 7 heteroatoms. The first kappa shape index (κ1) is 22.6. The summed E-state index contributed by atoms with van der Waals surface area (Å²) in [5.41, 5.74) is 2.98. The average molecular weight is 495 g/mol. The molecule has 0 fully saturated rings. The number of benzene rings is 2. The van der Waals surface area contributed by atoms with Gasteiger partial charge in [0.2, 0.25) is 8.07 Å². The van der Waals surface area contributed by atoms with Gasteiger partial charge in [-0.25, -0.2) is 0 Å². The molecule has 0 N–H and O–H groups in total. The molecule has 0 atom stereocenters. The molecular formula is C30H22N6Si. The third-order valence-corrected chi connectivity index (χ3v) is 10.7. The van der Waals surface area contributed by atoms with Gasteiger partial charge in [-0.3, -0.25) is 29.9 Å². The first-order chi connectivity index (χ1) is 18.4. The number of rotatable bonds is 6. The number of hydrogen-bond acceptors (Lipinski definition) is 6. The molecule has 2 aromatic carbocycles. The Labute approximate surface area is 215 Å². The van der Waals surface area contributed by atoms with Gasteiger partial charge < -0.3 is 0 Å². The van der Waals surface area contributed by atoms with Crippen LogP contribution in [-0.2, 0) is 0 Å². The fraction of sp³-hybridized carbons (Fsp3) is 0. The van der Waals surface area contributed by atoms with Gasteiger partial charge in [-0.15, -0.1) is 0 Å². The molecule has 37 heavy (non-hydrogen) atoms. The van der Waals surface area contributed by atoms with Crippen molar-refractivity contribution in [1.29, 1.82) is 0 Å². The van der Waals surface area contributed by atoms with Crippen LogP contribution in [0.3, 0.4) is 0 Å². The predicted octanol–water partition coefficient (Wildman–Crippen LogP) is 2.77. The molecule has 0 spiro atoms. The first-order valence-corrected chi connectivity index (χ1v) is 13.9. The molecule has 4 heterocycles. The lowest BCUT2D eigenvalue weighted by atomic mass is 10.3. The summed E-state index contributed by atoms with van der Waals surface area (Å²) in [7, 11) is -3.03. The number of pyridine rings is 2. The van der Waals surface area contributed by atoms with E-state index >= 15 is 0 Å². The van der Waals surface area contributed by atoms with Gasteiger partial charge in [0.05, 0.1) is 34.4 Å². The average Bonchev–Trinajstić information content (AvgIpc) is 3.00. The van der Waals surface area contributed by atoms with Crippen molar-refractivity contribution >= 4 is 29.1 Å². The summed E-state index contributed by atoms with van der Waals surface area (Å²) in [6.07, 6.45) is 10.8. The maximum absolute atomic E-state index is 5.20. The third kappa shape index (κ3) is 4.21. The number of hydrogen-bond donors (Lipinski definition) is 0. The van der Waals surface area contributed by atoms with Crippen LogP contribution in [0.25, 0.3) is 22.8 Å². The summed E-state index contributed by atoms with van der Waals surface area (Å²) >= 11 is 0. The quantitative estimate of drug-likeness (QED) is 0.332. The topological polar surface area (TPSA) is 77.3 Å². The van der Waals surface area contributed by atoms with Crippen LogP contribution < -0.4 is 21.0 Å². The minimum atomic E-state index is -3.03. The molecule has 0 aliphatic rings. The minimum absolute atomic E-state index is 0.718. The van der Waals surface area contributed by atoms with E-state index in [0.717, 1.165) is 43.8 Å². The van der Waals surface area contributed by atoms with E-state index in [1.165, 1.54) is 0 Å². The van der Waals surface area contributed by atoms with Crippen molar-refractivity contribution in [2.24, 2.45) is 0 Å². The molecule has 0 aliphatic carbocycles. The third-order valence-electron chi connectivity index (χ3n) is 6.31. The summed E-state index contributed by atoms with van der Waals surface area (Å²) in [5.74, 6) is 0. The smallest absolute Gasteiger partial charge is 0.227 e. The molecule has 0 bridgehead atoms. The summed E-state index contributed by atoms with van der Waals surface area (Å²) in [4.78, 5) is 28.8. The van der Waals surface area contributed by atoms with Gasteiger partial charge in [0.25, 0.3) is 0 Å². The Morgan fingerprint density at radius 1 is 0.405 bits per heavy atom. The van der Waals surface area contributed by atoms with Gasteiger partial charge in [-0.1, -0.05) is 72.8 Å². The van der Waals surface area contributed by atoms with Gasteiger partial charge in [0, 0.05) is 24.8 Å². The number of aromatic nitrogens is 6. The van der Waals surface area contributed by atoms with Crippen LogP contribution in [-0.4, -0.2) is 38.0 Å². The van der Waals surface area contributed by atoms with Crippen LogP contribution >= 0.6 is 0 Å². The highest BCUT2D eigenvalue weighted by Crippen LogP contribution is 2.15. The second-order valence-corrected chi connectivity index (χ2v) is 12.2. The zero-order chi connectivity index (χ0) is 24.9. The summed E-state index contributed by atoms with van der Waals surface area (Å²) in [5, 5.41) is 4.00. The lowest BCUT2D eigenvalue weighted by Gasteiger charge is -2.31. The Balaban J connectivity index is 1.68. The van der Waals surface area contributed by atoms with Crippen LogP contribution in [0.4, 0.5) is 0 Å². The van der Waals surface area contributed by atoms with Crippen LogP contribution in [0.5, 0.6) is 0 Å². The van der Waals surface area contributed by atoms with Gasteiger partial charge in [-0.05, 0) is 34.6 Å². The van der Waals surface area contributed by atoms with Gasteiger partial charge in [-0.2, -0.15) is 0 Å². The van der Waals surface area contributed by atoms with Crippen molar-refractivity contribution in [2.75, 3.05) is 0 Å². The molecule has 6 rings (SSSR count). The van der Waals surface area contributed by atoms with Crippen molar-refractivity contribution in [3.8, 4) is 22.8 Å². The van der Waals surface area contributed by atoms with E-state index in [-0.39, 0.29) is 0 Å². The van der Waals surface area contributed by atoms with Crippen molar-refractivity contribution in [3.05, 3.63) is 134 Å². The Bertz CT molecular complexity index is 1490. The highest BCUT2D eigenvalue weighted by molar-refractivity contribution is 7.19. The van der Waals surface area contributed by atoms with Crippen molar-refractivity contribution in [2.45, 2.75) is 0 Å². The Morgan fingerprint density at radius 2 is 0.838 bits per heavy atom. The zero-order valence-electron chi connectivity index (χ0n) is 19.9. The minimum Gasteiger partial charge on any atom is -0.261 e. The maximum atomic E-state index is 5.20. The van der Waals surface area contributed by atoms with Crippen LogP contribution in [0.2, 0.25) is 0 Å². The molecule has 0 unspecified atom stereocenters. The lowest BCUT2D eigenvalue weighted by molar-refractivity contribution is 1.19. The normalized spacial score (nSPS) is 11.2. The van der Waals surface area contributed by atoms with E-state index in [1.807, 2.05) is 60.9 Å². The summed E-state index contributed by atoms with van der Waals surface area (Å²) in [6, 6.07) is 32.5. The summed E-state index contributed by atoms with van der Waals surface area (Å²) < 4.78 is 0. The van der Waals surface area contributed by atoms with E-state index in [0.29, 0.717) is 0 Å². The van der Waals surface area contributed by atoms with E-state index in [1.54, 1.807) is 24.8 Å². The number of nitrogens with zero attached hydrogens (tertiary/aromatic N) is 6. The Morgan fingerprint density at radius 3 is 1.24 bits per heavy atom. The van der Waals surface area contributed by atoms with Gasteiger partial charge in [0.15, 0.2) is 0 Å². The molecule has 0 radical (unpaired) electrons. The molecule has 6 aromatic rings.